The predicted octanol–water partition coefficient (Wildman–Crippen LogP) is 13.5. The molecule has 0 spiro atoms. The van der Waals surface area contributed by atoms with Gasteiger partial charge in [0.25, 0.3) is 11.8 Å². The number of fused-ring (bicyclic) bond motifs is 2. The molecule has 18 heteroatoms. The molecule has 0 bridgehead atoms. The molecule has 0 saturated carbocycles. The summed E-state index contributed by atoms with van der Waals surface area (Å²) in [6.45, 7) is 6.70. The SMILES string of the molecule is C[C@H](Nc1cncc(-n2cnc3cc(C(=O)Nc4ccccc4)ccc32)n1)c1ccccc1.C[C@H](Nc1cncc(-n2cnc3ccc(C(=O)NCc4ccccc4)cc32)n1)c1ccccc1.C[C@H](Nc1cncc(Cl)n1)c1ccccc1. The molecule has 0 aliphatic heterocycles. The molecule has 0 aliphatic carbocycles. The number of halogens is 1. The van der Waals surface area contributed by atoms with Crippen molar-refractivity contribution >= 4 is 68.6 Å². The van der Waals surface area contributed by atoms with Crippen LogP contribution in [-0.4, -0.2) is 60.8 Å². The molecule has 0 unspecified atom stereocenters. The quantitative estimate of drug-likeness (QED) is 0.0611. The number of rotatable bonds is 16. The minimum Gasteiger partial charge on any atom is -0.362 e. The number of nitrogens with zero attached hydrogens (tertiary/aromatic N) is 10. The monoisotopic (exact) mass is 1120 g/mol. The van der Waals surface area contributed by atoms with Crippen molar-refractivity contribution in [3.8, 4) is 11.6 Å². The maximum Gasteiger partial charge on any atom is 0.255 e. The summed E-state index contributed by atoms with van der Waals surface area (Å²) in [7, 11) is 0. The summed E-state index contributed by atoms with van der Waals surface area (Å²) in [6, 6.07) is 60.9. The Bertz CT molecular complexity index is 4060. The van der Waals surface area contributed by atoms with Crippen LogP contribution in [0.2, 0.25) is 5.15 Å². The lowest BCUT2D eigenvalue weighted by Gasteiger charge is -2.15. The molecule has 12 rings (SSSR count). The van der Waals surface area contributed by atoms with E-state index in [-0.39, 0.29) is 29.9 Å². The Balaban J connectivity index is 0.000000148. The first kappa shape index (κ1) is 55.7. The van der Waals surface area contributed by atoms with Crippen molar-refractivity contribution in [3.05, 3.63) is 276 Å². The lowest BCUT2D eigenvalue weighted by molar-refractivity contribution is 0.0950. The molecule has 5 N–H and O–H groups in total. The molecular weight excluding hydrogens is 1060 g/mol. The number of amides is 2. The maximum absolute atomic E-state index is 12.8. The summed E-state index contributed by atoms with van der Waals surface area (Å²) in [6.07, 6.45) is 13.3. The van der Waals surface area contributed by atoms with Crippen LogP contribution in [0.1, 0.15) is 81.9 Å². The summed E-state index contributed by atoms with van der Waals surface area (Å²) in [5, 5.41) is 16.3. The summed E-state index contributed by atoms with van der Waals surface area (Å²) >= 11 is 5.76. The lowest BCUT2D eigenvalue weighted by atomic mass is 10.1. The van der Waals surface area contributed by atoms with Gasteiger partial charge in [-0.1, -0.05) is 151 Å². The van der Waals surface area contributed by atoms with Gasteiger partial charge in [-0.15, -0.1) is 0 Å². The van der Waals surface area contributed by atoms with Gasteiger partial charge in [0.2, 0.25) is 0 Å². The molecule has 3 atom stereocenters. The molecule has 83 heavy (non-hydrogen) atoms. The first-order chi connectivity index (χ1) is 40.6. The van der Waals surface area contributed by atoms with Crippen molar-refractivity contribution in [2.24, 2.45) is 0 Å². The zero-order chi connectivity index (χ0) is 57.3. The fourth-order valence-corrected chi connectivity index (χ4v) is 9.06. The van der Waals surface area contributed by atoms with E-state index in [9.17, 15) is 9.59 Å². The van der Waals surface area contributed by atoms with Crippen molar-refractivity contribution in [2.75, 3.05) is 21.3 Å². The van der Waals surface area contributed by atoms with Crippen LogP contribution in [-0.2, 0) is 6.54 Å². The summed E-state index contributed by atoms with van der Waals surface area (Å²) in [5.41, 5.74) is 9.52. The van der Waals surface area contributed by atoms with Crippen LogP contribution in [0.4, 0.5) is 23.1 Å². The van der Waals surface area contributed by atoms with Crippen LogP contribution in [0, 0.1) is 0 Å². The fourth-order valence-electron chi connectivity index (χ4n) is 8.91. The third-order valence-electron chi connectivity index (χ3n) is 13.3. The Labute approximate surface area is 485 Å². The topological polar surface area (TPSA) is 207 Å². The van der Waals surface area contributed by atoms with Gasteiger partial charge in [0.15, 0.2) is 11.6 Å². The second-order valence-corrected chi connectivity index (χ2v) is 19.6. The van der Waals surface area contributed by atoms with Crippen molar-refractivity contribution < 1.29 is 9.59 Å². The average molecular weight is 1120 g/mol. The van der Waals surface area contributed by atoms with Crippen LogP contribution in [0.25, 0.3) is 33.7 Å². The van der Waals surface area contributed by atoms with E-state index in [0.717, 1.165) is 33.4 Å². The molecule has 17 nitrogen and oxygen atoms in total. The van der Waals surface area contributed by atoms with Crippen molar-refractivity contribution in [3.63, 3.8) is 0 Å². The van der Waals surface area contributed by atoms with Crippen LogP contribution < -0.4 is 26.6 Å². The van der Waals surface area contributed by atoms with Gasteiger partial charge in [0.05, 0.1) is 59.2 Å². The van der Waals surface area contributed by atoms with Gasteiger partial charge in [-0.05, 0) is 91.6 Å². The second kappa shape index (κ2) is 27.0. The molecule has 12 aromatic rings. The third kappa shape index (κ3) is 14.8. The maximum atomic E-state index is 12.8. The number of hydrogen-bond acceptors (Lipinski definition) is 13. The summed E-state index contributed by atoms with van der Waals surface area (Å²) < 4.78 is 3.70. The van der Waals surface area contributed by atoms with E-state index in [1.807, 2.05) is 143 Å². The summed E-state index contributed by atoms with van der Waals surface area (Å²) in [4.78, 5) is 60.6. The molecule has 5 aromatic heterocycles. The molecule has 0 fully saturated rings. The van der Waals surface area contributed by atoms with Crippen molar-refractivity contribution in [2.45, 2.75) is 45.4 Å². The smallest absolute Gasteiger partial charge is 0.255 e. The van der Waals surface area contributed by atoms with Crippen LogP contribution in [0.15, 0.2) is 238 Å². The van der Waals surface area contributed by atoms with Crippen LogP contribution >= 0.6 is 11.6 Å². The van der Waals surface area contributed by atoms with Crippen LogP contribution in [0.5, 0.6) is 0 Å². The fraction of sp³-hybridized carbons (Fsp3) is 0.108. The largest absolute Gasteiger partial charge is 0.362 e. The number of hydrogen-bond donors (Lipinski definition) is 5. The third-order valence-corrected chi connectivity index (χ3v) is 13.5. The molecule has 5 heterocycles. The molecule has 0 radical (unpaired) electrons. The number of aromatic nitrogens is 10. The number of carbonyl (C=O) groups excluding carboxylic acids is 2. The van der Waals surface area contributed by atoms with E-state index in [2.05, 4.69) is 114 Å². The number of nitrogens with one attached hydrogen (secondary N) is 5. The number of benzene rings is 7. The van der Waals surface area contributed by atoms with Gasteiger partial charge < -0.3 is 26.6 Å². The van der Waals surface area contributed by atoms with Gasteiger partial charge in [0.1, 0.15) is 35.3 Å². The highest BCUT2D eigenvalue weighted by Crippen LogP contribution is 2.25. The van der Waals surface area contributed by atoms with Crippen molar-refractivity contribution in [1.29, 1.82) is 0 Å². The number of carbonyl (C=O) groups is 2. The Morgan fingerprint density at radius 2 is 0.904 bits per heavy atom. The second-order valence-electron chi connectivity index (χ2n) is 19.2. The molecule has 7 aromatic carbocycles. The zero-order valence-electron chi connectivity index (χ0n) is 45.6. The Hall–Kier alpha value is -10.7. The summed E-state index contributed by atoms with van der Waals surface area (Å²) in [5.74, 6) is 2.95. The number of imidazole rings is 2. The van der Waals surface area contributed by atoms with E-state index < -0.39 is 0 Å². The molecule has 412 valence electrons. The van der Waals surface area contributed by atoms with Gasteiger partial charge in [-0.2, -0.15) is 0 Å². The Morgan fingerprint density at radius 1 is 0.458 bits per heavy atom. The van der Waals surface area contributed by atoms with E-state index >= 15 is 0 Å². The minimum atomic E-state index is -0.182. The first-order valence-electron chi connectivity index (χ1n) is 26.8. The highest BCUT2D eigenvalue weighted by molar-refractivity contribution is 6.29. The minimum absolute atomic E-state index is 0.0743. The van der Waals surface area contributed by atoms with Crippen molar-refractivity contribution in [1.82, 2.24) is 54.3 Å². The van der Waals surface area contributed by atoms with E-state index in [4.69, 9.17) is 21.6 Å². The highest BCUT2D eigenvalue weighted by Gasteiger charge is 2.16. The van der Waals surface area contributed by atoms with Gasteiger partial charge in [-0.25, -0.2) is 24.9 Å². The van der Waals surface area contributed by atoms with Gasteiger partial charge in [0, 0.05) is 41.5 Å². The number of para-hydroxylation sites is 1. The first-order valence-corrected chi connectivity index (χ1v) is 27.2. The molecule has 2 amide bonds. The van der Waals surface area contributed by atoms with Gasteiger partial charge in [-0.3, -0.25) is 33.7 Å². The van der Waals surface area contributed by atoms with Gasteiger partial charge >= 0.3 is 0 Å². The highest BCUT2D eigenvalue weighted by atomic mass is 35.5. The van der Waals surface area contributed by atoms with E-state index in [1.54, 1.807) is 61.8 Å². The number of anilines is 4. The average Bonchev–Trinajstić information content (AvgIpc) is 4.30. The van der Waals surface area contributed by atoms with E-state index in [1.165, 1.54) is 17.3 Å². The standard InChI is InChI=1S/C27H24N6O.C26H22N6O.C12H12ClN3/c1-19(21-10-6-3-7-11-21)31-25-16-28-17-26(32-25)33-18-30-23-13-12-22(14-24(23)33)27(34)29-15-20-8-4-2-5-9-20;1-18(19-8-4-2-5-9-19)29-24-15-27-16-25(31-24)32-17-28-22-14-20(12-13-23(22)32)26(33)30-21-10-6-3-7-11-21;1-9(10-5-3-2-4-6-10)15-12-8-14-7-11(13)16-12/h2-14,16-19H,15H2,1H3,(H,29,34)(H,31,32);2-18H,1H3,(H,29,31)(H,30,33);2-9H,1H3,(H,15,16)/t19-;18-;9-/m000/s1. The van der Waals surface area contributed by atoms with E-state index in [0.29, 0.717) is 57.4 Å². The normalized spacial score (nSPS) is 11.9. The molecule has 0 aliphatic rings. The molecular formula is C65H58ClN15O2. The Morgan fingerprint density at radius 3 is 1.43 bits per heavy atom. The predicted molar refractivity (Wildman–Crippen MR) is 328 cm³/mol. The van der Waals surface area contributed by atoms with Crippen LogP contribution in [0.3, 0.4) is 0 Å². The lowest BCUT2D eigenvalue weighted by Crippen LogP contribution is -2.22. The molecule has 0 saturated heterocycles. The Kier molecular flexibility index (Phi) is 18.1. The zero-order valence-corrected chi connectivity index (χ0v) is 46.4.